The molecule has 3 N–H and O–H groups in total. The first-order valence-corrected chi connectivity index (χ1v) is 6.17. The Hall–Kier alpha value is -0.280. The van der Waals surface area contributed by atoms with Crippen LogP contribution in [-0.2, 0) is 4.79 Å². The monoisotopic (exact) mass is 248 g/mol. The number of nitrogens with one attached hydrogen (secondary N) is 1. The molecule has 3 nitrogen and oxygen atoms in total. The molecule has 2 atom stereocenters. The lowest BCUT2D eigenvalue weighted by molar-refractivity contribution is -0.125. The first-order valence-electron chi connectivity index (χ1n) is 6.17. The number of carbonyl (C=O) groups excluding carboxylic acids is 1. The van der Waals surface area contributed by atoms with E-state index in [9.17, 15) is 4.79 Å². The van der Waals surface area contributed by atoms with Crippen LogP contribution < -0.4 is 11.1 Å². The highest BCUT2D eigenvalue weighted by Gasteiger charge is 2.20. The van der Waals surface area contributed by atoms with Crippen LogP contribution in [0, 0.1) is 5.92 Å². The molecule has 0 aliphatic heterocycles. The number of hydrogen-bond acceptors (Lipinski definition) is 2. The van der Waals surface area contributed by atoms with Crippen molar-refractivity contribution in [3.8, 4) is 0 Å². The average Bonchev–Trinajstić information content (AvgIpc) is 2.45. The zero-order valence-corrected chi connectivity index (χ0v) is 11.2. The van der Waals surface area contributed by atoms with Gasteiger partial charge in [-0.15, -0.1) is 12.4 Å². The summed E-state index contributed by atoms with van der Waals surface area (Å²) in [6, 6.07) is 0.331. The van der Waals surface area contributed by atoms with Crippen molar-refractivity contribution in [1.29, 1.82) is 0 Å². The molecule has 0 aromatic rings. The fourth-order valence-electron chi connectivity index (χ4n) is 2.00. The molecule has 96 valence electrons. The second kappa shape index (κ2) is 7.91. The first-order chi connectivity index (χ1) is 7.11. The summed E-state index contributed by atoms with van der Waals surface area (Å²) in [6.45, 7) is 3.79. The Balaban J connectivity index is 0.00000225. The van der Waals surface area contributed by atoms with E-state index in [0.717, 1.165) is 12.8 Å². The normalized spacial score (nSPS) is 21.4. The molecule has 1 aliphatic rings. The summed E-state index contributed by atoms with van der Waals surface area (Å²) >= 11 is 0. The van der Waals surface area contributed by atoms with Gasteiger partial charge in [0.1, 0.15) is 0 Å². The molecular formula is C12H25ClN2O. The van der Waals surface area contributed by atoms with Crippen molar-refractivity contribution in [3.63, 3.8) is 0 Å². The van der Waals surface area contributed by atoms with E-state index in [2.05, 4.69) is 5.32 Å². The molecule has 0 bridgehead atoms. The van der Waals surface area contributed by atoms with Crippen molar-refractivity contribution < 1.29 is 4.79 Å². The number of carbonyl (C=O) groups is 1. The summed E-state index contributed by atoms with van der Waals surface area (Å²) in [6.07, 6.45) is 7.40. The lowest BCUT2D eigenvalue weighted by atomic mass is 10.0. The predicted octanol–water partition coefficient (Wildman–Crippen LogP) is 2.23. The maximum absolute atomic E-state index is 11.8. The van der Waals surface area contributed by atoms with Crippen LogP contribution in [0.3, 0.4) is 0 Å². The predicted molar refractivity (Wildman–Crippen MR) is 69.7 cm³/mol. The Bertz CT molecular complexity index is 201. The maximum Gasteiger partial charge on any atom is 0.224 e. The molecule has 0 radical (unpaired) electrons. The van der Waals surface area contributed by atoms with Crippen molar-refractivity contribution in [2.75, 3.05) is 0 Å². The van der Waals surface area contributed by atoms with Crippen molar-refractivity contribution in [2.24, 2.45) is 11.7 Å². The zero-order valence-electron chi connectivity index (χ0n) is 10.4. The second-order valence-corrected chi connectivity index (χ2v) is 4.84. The Morgan fingerprint density at radius 1 is 1.19 bits per heavy atom. The van der Waals surface area contributed by atoms with Gasteiger partial charge in [-0.1, -0.05) is 32.6 Å². The van der Waals surface area contributed by atoms with Gasteiger partial charge in [-0.25, -0.2) is 0 Å². The molecular weight excluding hydrogens is 224 g/mol. The third kappa shape index (κ3) is 5.17. The first kappa shape index (κ1) is 15.7. The molecule has 1 aliphatic carbocycles. The van der Waals surface area contributed by atoms with Crippen molar-refractivity contribution >= 4 is 18.3 Å². The van der Waals surface area contributed by atoms with Crippen molar-refractivity contribution in [3.05, 3.63) is 0 Å². The minimum atomic E-state index is -0.0757. The van der Waals surface area contributed by atoms with Gasteiger partial charge in [0, 0.05) is 18.0 Å². The van der Waals surface area contributed by atoms with Crippen molar-refractivity contribution in [1.82, 2.24) is 5.32 Å². The summed E-state index contributed by atoms with van der Waals surface area (Å²) in [4.78, 5) is 11.8. The summed E-state index contributed by atoms with van der Waals surface area (Å²) in [5, 5.41) is 3.12. The number of rotatable bonds is 3. The Labute approximate surface area is 105 Å². The van der Waals surface area contributed by atoms with E-state index in [-0.39, 0.29) is 30.3 Å². The maximum atomic E-state index is 11.8. The highest BCUT2D eigenvalue weighted by molar-refractivity contribution is 5.85. The number of halogens is 1. The average molecular weight is 249 g/mol. The van der Waals surface area contributed by atoms with Crippen LogP contribution in [0.15, 0.2) is 0 Å². The van der Waals surface area contributed by atoms with Crippen molar-refractivity contribution in [2.45, 2.75) is 64.5 Å². The third-order valence-corrected chi connectivity index (χ3v) is 3.40. The lowest BCUT2D eigenvalue weighted by Gasteiger charge is -2.21. The summed E-state index contributed by atoms with van der Waals surface area (Å²) < 4.78 is 0. The van der Waals surface area contributed by atoms with E-state index in [1.807, 2.05) is 13.8 Å². The molecule has 4 heteroatoms. The summed E-state index contributed by atoms with van der Waals surface area (Å²) in [5.41, 5.74) is 5.71. The fraction of sp³-hybridized carbons (Fsp3) is 0.917. The molecule has 0 aromatic heterocycles. The molecule has 1 fully saturated rings. The molecule has 0 saturated heterocycles. The van der Waals surface area contributed by atoms with Gasteiger partial charge in [0.05, 0.1) is 0 Å². The van der Waals surface area contributed by atoms with Crippen LogP contribution in [0.1, 0.15) is 52.4 Å². The van der Waals surface area contributed by atoms with E-state index in [1.54, 1.807) is 0 Å². The molecule has 0 aromatic carbocycles. The smallest absolute Gasteiger partial charge is 0.224 e. The van der Waals surface area contributed by atoms with Crippen LogP contribution >= 0.6 is 12.4 Å². The van der Waals surface area contributed by atoms with Crippen LogP contribution in [0.25, 0.3) is 0 Å². The molecule has 1 rings (SSSR count). The molecule has 1 amide bonds. The lowest BCUT2D eigenvalue weighted by Crippen LogP contribution is -2.43. The third-order valence-electron chi connectivity index (χ3n) is 3.40. The van der Waals surface area contributed by atoms with Gasteiger partial charge in [0.15, 0.2) is 0 Å². The van der Waals surface area contributed by atoms with Crippen LogP contribution in [0.5, 0.6) is 0 Å². The fourth-order valence-corrected chi connectivity index (χ4v) is 2.00. The molecule has 2 unspecified atom stereocenters. The van der Waals surface area contributed by atoms with E-state index in [1.165, 1.54) is 25.7 Å². The minimum Gasteiger partial charge on any atom is -0.353 e. The van der Waals surface area contributed by atoms with Gasteiger partial charge in [-0.05, 0) is 19.8 Å². The van der Waals surface area contributed by atoms with E-state index in [4.69, 9.17) is 5.73 Å². The Kier molecular flexibility index (Phi) is 7.77. The quantitative estimate of drug-likeness (QED) is 0.753. The van der Waals surface area contributed by atoms with Gasteiger partial charge in [-0.2, -0.15) is 0 Å². The summed E-state index contributed by atoms with van der Waals surface area (Å²) in [5.74, 6) is 0.0464. The largest absolute Gasteiger partial charge is 0.353 e. The van der Waals surface area contributed by atoms with Crippen LogP contribution in [-0.4, -0.2) is 18.0 Å². The van der Waals surface area contributed by atoms with E-state index < -0.39 is 0 Å². The summed E-state index contributed by atoms with van der Waals surface area (Å²) in [7, 11) is 0. The van der Waals surface area contributed by atoms with Gasteiger partial charge in [0.25, 0.3) is 0 Å². The van der Waals surface area contributed by atoms with E-state index >= 15 is 0 Å². The molecule has 1 saturated carbocycles. The zero-order chi connectivity index (χ0) is 11.3. The van der Waals surface area contributed by atoms with Gasteiger partial charge in [-0.3, -0.25) is 4.79 Å². The Morgan fingerprint density at radius 3 is 2.12 bits per heavy atom. The van der Waals surface area contributed by atoms with Crippen LogP contribution in [0.4, 0.5) is 0 Å². The number of nitrogens with two attached hydrogens (primary N) is 1. The highest BCUT2D eigenvalue weighted by Crippen LogP contribution is 2.17. The minimum absolute atomic E-state index is 0. The Morgan fingerprint density at radius 2 is 1.69 bits per heavy atom. The molecule has 0 spiro atoms. The highest BCUT2D eigenvalue weighted by atomic mass is 35.5. The SMILES string of the molecule is CC(N)C(C)C(=O)NC1CCCCCC1.Cl. The van der Waals surface area contributed by atoms with Gasteiger partial charge >= 0.3 is 0 Å². The molecule has 16 heavy (non-hydrogen) atoms. The standard InChI is InChI=1S/C12H24N2O.ClH/c1-9(10(2)13)12(15)14-11-7-5-3-4-6-8-11;/h9-11H,3-8,13H2,1-2H3,(H,14,15);1H. The molecule has 0 heterocycles. The van der Waals surface area contributed by atoms with E-state index in [0.29, 0.717) is 6.04 Å². The van der Waals surface area contributed by atoms with Gasteiger partial charge in [0.2, 0.25) is 5.91 Å². The second-order valence-electron chi connectivity index (χ2n) is 4.84. The van der Waals surface area contributed by atoms with Gasteiger partial charge < -0.3 is 11.1 Å². The number of amides is 1. The van der Waals surface area contributed by atoms with Crippen LogP contribution in [0.2, 0.25) is 0 Å². The number of hydrogen-bond donors (Lipinski definition) is 2. The topological polar surface area (TPSA) is 55.1 Å².